The Morgan fingerprint density at radius 1 is 1.27 bits per heavy atom. The number of primary sulfonamides is 1. The molecule has 0 aromatic heterocycles. The normalized spacial score (nSPS) is 23.7. The molecular weight excluding hydrogens is 238 g/mol. The Hall–Kier alpha value is -0.920. The van der Waals surface area contributed by atoms with Crippen molar-refractivity contribution in [2.75, 3.05) is 5.75 Å². The molecule has 0 spiro atoms. The Morgan fingerprint density at radius 3 is 2.47 bits per heavy atom. The highest BCUT2D eigenvalue weighted by Crippen LogP contribution is 2.36. The standard InChI is InChI=1S/C8H9NO4S2/c9-15(12,13)8-5-14(10,11)7-4-2-1-3-6(7)8/h1-4,8H,5H2,(H2,9,12,13). The second kappa shape index (κ2) is 3.03. The van der Waals surface area contributed by atoms with E-state index in [1.54, 1.807) is 12.1 Å². The zero-order chi connectivity index (χ0) is 11.3. The smallest absolute Gasteiger partial charge is 0.217 e. The van der Waals surface area contributed by atoms with Crippen molar-refractivity contribution in [3.63, 3.8) is 0 Å². The summed E-state index contributed by atoms with van der Waals surface area (Å²) in [6, 6.07) is 6.03. The third kappa shape index (κ3) is 1.66. The molecule has 1 aliphatic rings. The first-order valence-corrected chi connectivity index (χ1v) is 7.42. The number of hydrogen-bond acceptors (Lipinski definition) is 4. The van der Waals surface area contributed by atoms with Crippen LogP contribution in [0.1, 0.15) is 10.8 Å². The Bertz CT molecular complexity index is 603. The predicted octanol–water partition coefficient (Wildman–Crippen LogP) is -0.197. The van der Waals surface area contributed by atoms with E-state index in [9.17, 15) is 16.8 Å². The lowest BCUT2D eigenvalue weighted by molar-refractivity contribution is 0.583. The molecule has 15 heavy (non-hydrogen) atoms. The second-order valence-electron chi connectivity index (χ2n) is 3.40. The van der Waals surface area contributed by atoms with Gasteiger partial charge in [0.2, 0.25) is 10.0 Å². The van der Waals surface area contributed by atoms with Gasteiger partial charge in [-0.15, -0.1) is 0 Å². The van der Waals surface area contributed by atoms with E-state index in [1.165, 1.54) is 12.1 Å². The molecule has 0 amide bonds. The highest BCUT2D eigenvalue weighted by Gasteiger charge is 2.40. The largest absolute Gasteiger partial charge is 0.228 e. The molecule has 1 aromatic rings. The quantitative estimate of drug-likeness (QED) is 0.743. The van der Waals surface area contributed by atoms with Crippen LogP contribution in [0.4, 0.5) is 0 Å². The topological polar surface area (TPSA) is 94.3 Å². The van der Waals surface area contributed by atoms with E-state index >= 15 is 0 Å². The number of sulfonamides is 1. The molecule has 0 saturated carbocycles. The van der Waals surface area contributed by atoms with Crippen LogP contribution in [0.5, 0.6) is 0 Å². The number of hydrogen-bond donors (Lipinski definition) is 1. The van der Waals surface area contributed by atoms with Gasteiger partial charge in [0.1, 0.15) is 5.25 Å². The average Bonchev–Trinajstić information content (AvgIpc) is 2.39. The van der Waals surface area contributed by atoms with E-state index in [1.807, 2.05) is 0 Å². The fraction of sp³-hybridized carbons (Fsp3) is 0.250. The van der Waals surface area contributed by atoms with Gasteiger partial charge in [0.25, 0.3) is 0 Å². The van der Waals surface area contributed by atoms with Crippen molar-refractivity contribution in [1.29, 1.82) is 0 Å². The lowest BCUT2D eigenvalue weighted by atomic mass is 10.2. The van der Waals surface area contributed by atoms with Crippen LogP contribution in [0.3, 0.4) is 0 Å². The molecule has 1 aromatic carbocycles. The van der Waals surface area contributed by atoms with Crippen LogP contribution >= 0.6 is 0 Å². The summed E-state index contributed by atoms with van der Waals surface area (Å²) in [5.74, 6) is -0.453. The average molecular weight is 247 g/mol. The summed E-state index contributed by atoms with van der Waals surface area (Å²) in [5, 5.41) is 3.86. The van der Waals surface area contributed by atoms with Crippen LogP contribution in [0, 0.1) is 0 Å². The molecule has 0 saturated heterocycles. The highest BCUT2D eigenvalue weighted by atomic mass is 32.2. The summed E-state index contributed by atoms with van der Waals surface area (Å²) >= 11 is 0. The van der Waals surface area contributed by atoms with Gasteiger partial charge in [-0.3, -0.25) is 0 Å². The van der Waals surface area contributed by atoms with Gasteiger partial charge in [0, 0.05) is 0 Å². The van der Waals surface area contributed by atoms with Crippen molar-refractivity contribution in [3.05, 3.63) is 29.8 Å². The molecule has 82 valence electrons. The van der Waals surface area contributed by atoms with Crippen molar-refractivity contribution in [1.82, 2.24) is 0 Å². The van der Waals surface area contributed by atoms with Gasteiger partial charge in [-0.2, -0.15) is 0 Å². The second-order valence-corrected chi connectivity index (χ2v) is 7.15. The Kier molecular flexibility index (Phi) is 2.14. The summed E-state index contributed by atoms with van der Waals surface area (Å²) < 4.78 is 45.6. The first kappa shape index (κ1) is 10.6. The van der Waals surface area contributed by atoms with E-state index in [4.69, 9.17) is 5.14 Å². The minimum absolute atomic E-state index is 0.0732. The minimum Gasteiger partial charge on any atom is -0.228 e. The molecule has 0 aliphatic carbocycles. The molecule has 1 aliphatic heterocycles. The number of benzene rings is 1. The van der Waals surface area contributed by atoms with E-state index < -0.39 is 30.9 Å². The molecule has 1 atom stereocenters. The molecule has 0 fully saturated rings. The third-order valence-corrected chi connectivity index (χ3v) is 5.61. The van der Waals surface area contributed by atoms with E-state index in [2.05, 4.69) is 0 Å². The van der Waals surface area contributed by atoms with Crippen LogP contribution in [-0.4, -0.2) is 22.6 Å². The first-order chi connectivity index (χ1) is 6.82. The lowest BCUT2D eigenvalue weighted by Crippen LogP contribution is -2.22. The van der Waals surface area contributed by atoms with Crippen LogP contribution in [0.15, 0.2) is 29.2 Å². The zero-order valence-electron chi connectivity index (χ0n) is 7.62. The maximum absolute atomic E-state index is 11.6. The summed E-state index contributed by atoms with van der Waals surface area (Å²) in [5.41, 5.74) is 0.278. The summed E-state index contributed by atoms with van der Waals surface area (Å²) in [7, 11) is -7.36. The van der Waals surface area contributed by atoms with E-state index in [0.717, 1.165) is 0 Å². The maximum Gasteiger partial charge on any atom is 0.217 e. The van der Waals surface area contributed by atoms with Gasteiger partial charge < -0.3 is 0 Å². The summed E-state index contributed by atoms with van der Waals surface area (Å²) in [4.78, 5) is 0.0732. The highest BCUT2D eigenvalue weighted by molar-refractivity contribution is 7.95. The molecule has 1 unspecified atom stereocenters. The lowest BCUT2D eigenvalue weighted by Gasteiger charge is -2.05. The van der Waals surface area contributed by atoms with E-state index in [-0.39, 0.29) is 10.5 Å². The van der Waals surface area contributed by atoms with Gasteiger partial charge >= 0.3 is 0 Å². The van der Waals surface area contributed by atoms with Gasteiger partial charge in [0.15, 0.2) is 9.84 Å². The summed E-state index contributed by atoms with van der Waals surface area (Å²) in [6.07, 6.45) is 0. The summed E-state index contributed by atoms with van der Waals surface area (Å²) in [6.45, 7) is 0. The number of nitrogens with two attached hydrogens (primary N) is 1. The van der Waals surface area contributed by atoms with Crippen LogP contribution < -0.4 is 5.14 Å². The Morgan fingerprint density at radius 2 is 1.87 bits per heavy atom. The fourth-order valence-electron chi connectivity index (χ4n) is 1.68. The number of rotatable bonds is 1. The van der Waals surface area contributed by atoms with E-state index in [0.29, 0.717) is 0 Å². The molecular formula is C8H9NO4S2. The Balaban J connectivity index is 2.73. The van der Waals surface area contributed by atoms with Crippen molar-refractivity contribution in [2.24, 2.45) is 5.14 Å². The molecule has 2 rings (SSSR count). The molecule has 0 bridgehead atoms. The van der Waals surface area contributed by atoms with Crippen molar-refractivity contribution >= 4 is 19.9 Å². The van der Waals surface area contributed by atoms with Crippen molar-refractivity contribution in [3.8, 4) is 0 Å². The maximum atomic E-state index is 11.6. The van der Waals surface area contributed by atoms with Gasteiger partial charge in [-0.25, -0.2) is 22.0 Å². The van der Waals surface area contributed by atoms with Crippen LogP contribution in [0.2, 0.25) is 0 Å². The number of fused-ring (bicyclic) bond motifs is 1. The SMILES string of the molecule is NS(=O)(=O)C1CS(=O)(=O)c2ccccc21. The van der Waals surface area contributed by atoms with Gasteiger partial charge in [-0.05, 0) is 11.6 Å². The van der Waals surface area contributed by atoms with Crippen molar-refractivity contribution < 1.29 is 16.8 Å². The first-order valence-electron chi connectivity index (χ1n) is 4.16. The van der Waals surface area contributed by atoms with Crippen molar-refractivity contribution in [2.45, 2.75) is 10.1 Å². The van der Waals surface area contributed by atoms with Crippen LogP contribution in [-0.2, 0) is 19.9 Å². The minimum atomic E-state index is -3.87. The van der Waals surface area contributed by atoms with Crippen LogP contribution in [0.25, 0.3) is 0 Å². The molecule has 1 heterocycles. The molecule has 7 heteroatoms. The monoisotopic (exact) mass is 247 g/mol. The predicted molar refractivity (Wildman–Crippen MR) is 54.3 cm³/mol. The van der Waals surface area contributed by atoms with Gasteiger partial charge in [0.05, 0.1) is 10.6 Å². The number of sulfone groups is 1. The molecule has 0 radical (unpaired) electrons. The molecule has 5 nitrogen and oxygen atoms in total. The fourth-order valence-corrected chi connectivity index (χ4v) is 5.22. The third-order valence-electron chi connectivity index (χ3n) is 2.37. The zero-order valence-corrected chi connectivity index (χ0v) is 9.25. The molecule has 2 N–H and O–H groups in total. The van der Waals surface area contributed by atoms with Gasteiger partial charge in [-0.1, -0.05) is 18.2 Å². The Labute approximate surface area is 87.9 Å².